The number of nitrogen functional groups attached to an aromatic ring is 1. The van der Waals surface area contributed by atoms with E-state index in [4.69, 9.17) is 10.5 Å². The van der Waals surface area contributed by atoms with E-state index in [0.29, 0.717) is 0 Å². The first-order chi connectivity index (χ1) is 7.34. The number of hydrogen-bond acceptors (Lipinski definition) is 2. The third-order valence-electron chi connectivity index (χ3n) is 2.93. The maximum absolute atomic E-state index is 5.64. The summed E-state index contributed by atoms with van der Waals surface area (Å²) < 4.78 is 5.33. The average molecular weight is 334 g/mol. The first-order valence-electron chi connectivity index (χ1n) is 5.60. The molecule has 1 aromatic rings. The van der Waals surface area contributed by atoms with Gasteiger partial charge in [-0.3, -0.25) is 0 Å². The van der Waals surface area contributed by atoms with Crippen molar-refractivity contribution in [2.45, 2.75) is 25.4 Å². The predicted molar refractivity (Wildman–Crippen MR) is 60.3 cm³/mol. The molecule has 1 fully saturated rings. The van der Waals surface area contributed by atoms with E-state index in [1.807, 2.05) is 12.1 Å². The highest BCUT2D eigenvalue weighted by Gasteiger charge is 2.15. The Labute approximate surface area is 114 Å². The average Bonchev–Trinajstić information content (AvgIpc) is 2.30. The van der Waals surface area contributed by atoms with E-state index >= 15 is 0 Å². The predicted octanol–water partition coefficient (Wildman–Crippen LogP) is -2.48. The Balaban J connectivity index is 0.00000128. The van der Waals surface area contributed by atoms with E-state index in [1.165, 1.54) is 18.4 Å². The quantitative estimate of drug-likeness (QED) is 0.475. The second-order valence-electron chi connectivity index (χ2n) is 4.13. The van der Waals surface area contributed by atoms with Crippen molar-refractivity contribution >= 4 is 5.69 Å². The van der Waals surface area contributed by atoms with E-state index in [1.54, 1.807) is 0 Å². The number of ether oxygens (including phenoxy) is 1. The van der Waals surface area contributed by atoms with Crippen molar-refractivity contribution in [2.75, 3.05) is 18.9 Å². The van der Waals surface area contributed by atoms with Gasteiger partial charge in [-0.05, 0) is 12.1 Å². The molecule has 1 aliphatic heterocycles. The first kappa shape index (κ1) is 13.7. The molecule has 0 aromatic heterocycles. The Morgan fingerprint density at radius 1 is 1.19 bits per heavy atom. The topological polar surface area (TPSA) is 51.9 Å². The summed E-state index contributed by atoms with van der Waals surface area (Å²) in [5.74, 6) is 0. The summed E-state index contributed by atoms with van der Waals surface area (Å²) in [6.07, 6.45) is 2.35. The fourth-order valence-electron chi connectivity index (χ4n) is 1.91. The Kier molecular flexibility index (Phi) is 6.08. The van der Waals surface area contributed by atoms with E-state index in [-0.39, 0.29) is 24.0 Å². The summed E-state index contributed by atoms with van der Waals surface area (Å²) in [5.41, 5.74) is 7.82. The van der Waals surface area contributed by atoms with Gasteiger partial charge in [0.05, 0.1) is 19.3 Å². The highest BCUT2D eigenvalue weighted by molar-refractivity contribution is 5.38. The van der Waals surface area contributed by atoms with Crippen LogP contribution in [0.2, 0.25) is 0 Å². The van der Waals surface area contributed by atoms with Crippen LogP contribution in [0.15, 0.2) is 24.3 Å². The zero-order valence-electron chi connectivity index (χ0n) is 9.36. The van der Waals surface area contributed by atoms with Crippen molar-refractivity contribution in [3.63, 3.8) is 0 Å². The number of benzene rings is 1. The summed E-state index contributed by atoms with van der Waals surface area (Å²) in [7, 11) is 0. The molecule has 0 unspecified atom stereocenters. The van der Waals surface area contributed by atoms with E-state index in [2.05, 4.69) is 17.4 Å². The van der Waals surface area contributed by atoms with Crippen molar-refractivity contribution < 1.29 is 34.0 Å². The molecule has 0 saturated carbocycles. The molecule has 0 bridgehead atoms. The van der Waals surface area contributed by atoms with Crippen molar-refractivity contribution in [1.29, 1.82) is 0 Å². The number of hydrogen-bond donors (Lipinski definition) is 2. The summed E-state index contributed by atoms with van der Waals surface area (Å²) in [5, 5.41) is 2.41. The zero-order valence-corrected chi connectivity index (χ0v) is 11.5. The summed E-state index contributed by atoms with van der Waals surface area (Å²) >= 11 is 0. The minimum Gasteiger partial charge on any atom is -1.00 e. The molecule has 3 nitrogen and oxygen atoms in total. The van der Waals surface area contributed by atoms with Crippen LogP contribution in [0.4, 0.5) is 5.69 Å². The van der Waals surface area contributed by atoms with E-state index in [9.17, 15) is 0 Å². The van der Waals surface area contributed by atoms with Crippen LogP contribution in [0.3, 0.4) is 0 Å². The first-order valence-corrected chi connectivity index (χ1v) is 5.60. The maximum Gasteiger partial charge on any atom is 0.101 e. The number of halogens is 1. The second-order valence-corrected chi connectivity index (χ2v) is 4.13. The lowest BCUT2D eigenvalue weighted by Crippen LogP contribution is -3.00. The lowest BCUT2D eigenvalue weighted by atomic mass is 10.1. The van der Waals surface area contributed by atoms with E-state index in [0.717, 1.165) is 31.5 Å². The van der Waals surface area contributed by atoms with Gasteiger partial charge in [0.15, 0.2) is 0 Å². The molecule has 1 aliphatic rings. The van der Waals surface area contributed by atoms with Gasteiger partial charge in [0.1, 0.15) is 6.54 Å². The maximum atomic E-state index is 5.64. The molecule has 4 N–H and O–H groups in total. The molecule has 0 radical (unpaired) electrons. The molecular formula is C12H19IN2O. The van der Waals surface area contributed by atoms with Crippen molar-refractivity contribution in [1.82, 2.24) is 0 Å². The second kappa shape index (κ2) is 7.09. The fraction of sp³-hybridized carbons (Fsp3) is 0.500. The molecule has 1 aromatic carbocycles. The Hall–Kier alpha value is -0.330. The van der Waals surface area contributed by atoms with Gasteiger partial charge in [0.25, 0.3) is 0 Å². The molecule has 0 atom stereocenters. The van der Waals surface area contributed by atoms with Crippen LogP contribution in [-0.2, 0) is 11.3 Å². The molecule has 0 spiro atoms. The molecule has 2 rings (SSSR count). The van der Waals surface area contributed by atoms with Gasteiger partial charge < -0.3 is 39.8 Å². The molecule has 1 heterocycles. The lowest BCUT2D eigenvalue weighted by molar-refractivity contribution is -0.707. The summed E-state index contributed by atoms with van der Waals surface area (Å²) in [4.78, 5) is 0. The Morgan fingerprint density at radius 2 is 1.81 bits per heavy atom. The largest absolute Gasteiger partial charge is 1.00 e. The standard InChI is InChI=1S/C12H18N2O.HI/c13-11-3-1-10(2-4-11)9-14-12-5-7-15-8-6-12;/h1-4,12,14H,5-9,13H2;1H. The number of anilines is 1. The van der Waals surface area contributed by atoms with Gasteiger partial charge in [0.2, 0.25) is 0 Å². The van der Waals surface area contributed by atoms with Crippen molar-refractivity contribution in [2.24, 2.45) is 0 Å². The third-order valence-corrected chi connectivity index (χ3v) is 2.93. The number of nitrogens with two attached hydrogens (primary N) is 2. The van der Waals surface area contributed by atoms with E-state index < -0.39 is 0 Å². The molecule has 4 heteroatoms. The summed E-state index contributed by atoms with van der Waals surface area (Å²) in [6.45, 7) is 2.89. The molecule has 0 amide bonds. The van der Waals surface area contributed by atoms with Crippen LogP contribution in [0.25, 0.3) is 0 Å². The van der Waals surface area contributed by atoms with Gasteiger partial charge in [-0.15, -0.1) is 0 Å². The molecule has 16 heavy (non-hydrogen) atoms. The van der Waals surface area contributed by atoms with Gasteiger partial charge in [-0.1, -0.05) is 12.1 Å². The van der Waals surface area contributed by atoms with Crippen LogP contribution >= 0.6 is 0 Å². The van der Waals surface area contributed by atoms with Crippen molar-refractivity contribution in [3.05, 3.63) is 29.8 Å². The van der Waals surface area contributed by atoms with Gasteiger partial charge in [0, 0.05) is 24.1 Å². The lowest BCUT2D eigenvalue weighted by Gasteiger charge is -2.20. The third kappa shape index (κ3) is 4.27. The molecule has 90 valence electrons. The fourth-order valence-corrected chi connectivity index (χ4v) is 1.91. The van der Waals surface area contributed by atoms with Gasteiger partial charge in [-0.25, -0.2) is 0 Å². The zero-order chi connectivity index (χ0) is 10.5. The molecule has 1 saturated heterocycles. The van der Waals surface area contributed by atoms with Crippen LogP contribution in [0.1, 0.15) is 18.4 Å². The SMILES string of the molecule is Nc1ccc(C[NH2+]C2CCOCC2)cc1.[I-]. The van der Waals surface area contributed by atoms with Crippen LogP contribution in [0.5, 0.6) is 0 Å². The van der Waals surface area contributed by atoms with Gasteiger partial charge in [-0.2, -0.15) is 0 Å². The van der Waals surface area contributed by atoms with Gasteiger partial charge >= 0.3 is 0 Å². The van der Waals surface area contributed by atoms with Crippen molar-refractivity contribution in [3.8, 4) is 0 Å². The summed E-state index contributed by atoms with van der Waals surface area (Å²) in [6, 6.07) is 8.87. The normalized spacial score (nSPS) is 16.8. The van der Waals surface area contributed by atoms with Crippen LogP contribution in [-0.4, -0.2) is 19.3 Å². The molecule has 0 aliphatic carbocycles. The highest BCUT2D eigenvalue weighted by Crippen LogP contribution is 2.05. The monoisotopic (exact) mass is 334 g/mol. The molecular weight excluding hydrogens is 315 g/mol. The smallest absolute Gasteiger partial charge is 0.101 e. The number of rotatable bonds is 3. The minimum absolute atomic E-state index is 0. The Morgan fingerprint density at radius 3 is 2.44 bits per heavy atom. The minimum atomic E-state index is 0. The van der Waals surface area contributed by atoms with Crippen LogP contribution in [0, 0.1) is 0 Å². The highest BCUT2D eigenvalue weighted by atomic mass is 127. The van der Waals surface area contributed by atoms with Crippen LogP contribution < -0.4 is 35.0 Å². The Bertz CT molecular complexity index is 296. The number of quaternary nitrogens is 1.